The van der Waals surface area contributed by atoms with Gasteiger partial charge in [-0.3, -0.25) is 4.79 Å². The zero-order chi connectivity index (χ0) is 18.3. The van der Waals surface area contributed by atoms with Gasteiger partial charge in [-0.15, -0.1) is 0 Å². The number of halogens is 1. The fourth-order valence-electron chi connectivity index (χ4n) is 3.49. The lowest BCUT2D eigenvalue weighted by Crippen LogP contribution is -2.03. The summed E-state index contributed by atoms with van der Waals surface area (Å²) in [6.07, 6.45) is 0. The first-order valence-corrected chi connectivity index (χ1v) is 9.48. The Bertz CT molecular complexity index is 1200. The van der Waals surface area contributed by atoms with Crippen LogP contribution in [-0.4, -0.2) is 7.11 Å². The number of benzene rings is 3. The van der Waals surface area contributed by atoms with Crippen LogP contribution in [0.25, 0.3) is 32.7 Å². The van der Waals surface area contributed by atoms with Crippen molar-refractivity contribution in [3.05, 3.63) is 86.1 Å². The maximum atomic E-state index is 13.2. The number of hydrogen-bond donors (Lipinski definition) is 0. The molecule has 0 bridgehead atoms. The van der Waals surface area contributed by atoms with E-state index in [4.69, 9.17) is 4.74 Å². The molecule has 0 saturated carbocycles. The topological polar surface area (TPSA) is 26.3 Å². The van der Waals surface area contributed by atoms with E-state index < -0.39 is 0 Å². The fourth-order valence-corrected chi connectivity index (χ4v) is 4.38. The van der Waals surface area contributed by atoms with Crippen LogP contribution >= 0.6 is 22.6 Å². The molecule has 4 aromatic rings. The molecule has 0 aliphatic carbocycles. The van der Waals surface area contributed by atoms with Crippen LogP contribution in [0.5, 0.6) is 5.75 Å². The van der Waals surface area contributed by atoms with Gasteiger partial charge in [-0.2, -0.15) is 0 Å². The lowest BCUT2D eigenvalue weighted by atomic mass is 9.98. The van der Waals surface area contributed by atoms with Gasteiger partial charge < -0.3 is 4.74 Å². The number of ether oxygens (including phenoxy) is 1. The van der Waals surface area contributed by atoms with Crippen LogP contribution in [0.15, 0.2) is 71.5 Å². The first-order valence-electron chi connectivity index (χ1n) is 8.40. The van der Waals surface area contributed by atoms with Crippen LogP contribution in [0, 0.1) is 10.5 Å². The Morgan fingerprint density at radius 2 is 1.46 bits per heavy atom. The molecule has 0 unspecified atom stereocenters. The van der Waals surface area contributed by atoms with Crippen LogP contribution < -0.4 is 10.2 Å². The highest BCUT2D eigenvalue weighted by Crippen LogP contribution is 2.37. The van der Waals surface area contributed by atoms with Gasteiger partial charge in [-0.25, -0.2) is 0 Å². The molecule has 0 N–H and O–H groups in total. The van der Waals surface area contributed by atoms with Crippen molar-refractivity contribution in [2.75, 3.05) is 7.11 Å². The molecule has 0 heterocycles. The van der Waals surface area contributed by atoms with Crippen LogP contribution in [0.2, 0.25) is 0 Å². The maximum Gasteiger partial charge on any atom is 0.200 e. The second-order valence-corrected chi connectivity index (χ2v) is 7.38. The van der Waals surface area contributed by atoms with Crippen molar-refractivity contribution in [1.82, 2.24) is 0 Å². The van der Waals surface area contributed by atoms with Gasteiger partial charge in [0.05, 0.1) is 10.7 Å². The zero-order valence-electron chi connectivity index (χ0n) is 14.5. The summed E-state index contributed by atoms with van der Waals surface area (Å²) in [5.74, 6) is 0.827. The molecule has 26 heavy (non-hydrogen) atoms. The smallest absolute Gasteiger partial charge is 0.200 e. The third-order valence-corrected chi connectivity index (χ3v) is 5.78. The highest BCUT2D eigenvalue weighted by molar-refractivity contribution is 14.1. The largest absolute Gasteiger partial charge is 0.496 e. The van der Waals surface area contributed by atoms with Gasteiger partial charge >= 0.3 is 0 Å². The molecule has 4 aromatic carbocycles. The van der Waals surface area contributed by atoms with E-state index in [9.17, 15) is 4.79 Å². The van der Waals surface area contributed by atoms with Gasteiger partial charge in [0.15, 0.2) is 5.43 Å². The molecule has 0 aliphatic heterocycles. The van der Waals surface area contributed by atoms with Gasteiger partial charge in [-0.05, 0) is 68.9 Å². The van der Waals surface area contributed by atoms with Crippen molar-refractivity contribution >= 4 is 44.1 Å². The van der Waals surface area contributed by atoms with Crippen LogP contribution in [0.3, 0.4) is 0 Å². The Morgan fingerprint density at radius 1 is 0.808 bits per heavy atom. The van der Waals surface area contributed by atoms with E-state index >= 15 is 0 Å². The minimum atomic E-state index is 0.0628. The third-order valence-electron chi connectivity index (χ3n) is 4.75. The zero-order valence-corrected chi connectivity index (χ0v) is 16.7. The quantitative estimate of drug-likeness (QED) is 0.352. The molecule has 0 atom stereocenters. The summed E-state index contributed by atoms with van der Waals surface area (Å²) in [6.45, 7) is 2.03. The number of methoxy groups -OCH3 is 1. The summed E-state index contributed by atoms with van der Waals surface area (Å²) < 4.78 is 6.30. The minimum Gasteiger partial charge on any atom is -0.496 e. The predicted octanol–water partition coefficient (Wildman–Crippen LogP) is 5.94. The van der Waals surface area contributed by atoms with Crippen LogP contribution in [-0.2, 0) is 0 Å². The van der Waals surface area contributed by atoms with Crippen molar-refractivity contribution in [1.29, 1.82) is 0 Å². The van der Waals surface area contributed by atoms with Crippen LogP contribution in [0.4, 0.5) is 0 Å². The Labute approximate surface area is 165 Å². The van der Waals surface area contributed by atoms with E-state index in [-0.39, 0.29) is 5.43 Å². The molecule has 0 fully saturated rings. The van der Waals surface area contributed by atoms with E-state index in [1.54, 1.807) is 7.11 Å². The van der Waals surface area contributed by atoms with Crippen molar-refractivity contribution in [3.8, 4) is 16.9 Å². The normalized spacial score (nSPS) is 11.0. The van der Waals surface area contributed by atoms with Gasteiger partial charge in [0.2, 0.25) is 0 Å². The highest BCUT2D eigenvalue weighted by Gasteiger charge is 2.16. The average molecular weight is 452 g/mol. The van der Waals surface area contributed by atoms with E-state index in [1.165, 1.54) is 0 Å². The van der Waals surface area contributed by atoms with E-state index in [1.807, 2.05) is 61.5 Å². The second kappa shape index (κ2) is 6.72. The van der Waals surface area contributed by atoms with Crippen molar-refractivity contribution < 1.29 is 4.74 Å². The van der Waals surface area contributed by atoms with E-state index in [0.29, 0.717) is 0 Å². The number of aryl methyl sites for hydroxylation is 1. The van der Waals surface area contributed by atoms with Crippen molar-refractivity contribution in [2.24, 2.45) is 0 Å². The first kappa shape index (κ1) is 17.0. The number of hydrogen-bond acceptors (Lipinski definition) is 2. The summed E-state index contributed by atoms with van der Waals surface area (Å²) in [6, 6.07) is 22.1. The SMILES string of the molecule is COc1cc2c(-c3ccccc3)c(I)c(=O)c3ccccc3c2cc1C. The maximum absolute atomic E-state index is 13.2. The lowest BCUT2D eigenvalue weighted by Gasteiger charge is -2.10. The summed E-state index contributed by atoms with van der Waals surface area (Å²) in [4.78, 5) is 13.2. The average Bonchev–Trinajstić information content (AvgIpc) is 2.76. The Balaban J connectivity index is 2.36. The standard InChI is InChI=1S/C23H17IO2/c1-14-12-18-16-10-6-7-11-17(16)23(25)22(24)21(15-8-4-3-5-9-15)19(18)13-20(14)26-2/h3-13H,1-2H3. The molecule has 0 aromatic heterocycles. The minimum absolute atomic E-state index is 0.0628. The molecular formula is C23H17IO2. The van der Waals surface area contributed by atoms with Crippen molar-refractivity contribution in [2.45, 2.75) is 6.92 Å². The molecule has 0 spiro atoms. The molecule has 0 aliphatic rings. The Morgan fingerprint density at radius 3 is 2.15 bits per heavy atom. The van der Waals surface area contributed by atoms with Gasteiger partial charge in [0.1, 0.15) is 5.75 Å². The van der Waals surface area contributed by atoms with Gasteiger partial charge in [0.25, 0.3) is 0 Å². The second-order valence-electron chi connectivity index (χ2n) is 6.30. The van der Waals surface area contributed by atoms with Crippen molar-refractivity contribution in [3.63, 3.8) is 0 Å². The molecular weight excluding hydrogens is 435 g/mol. The third kappa shape index (κ3) is 2.67. The Hall–Kier alpha value is -2.40. The molecule has 4 rings (SSSR count). The number of rotatable bonds is 2. The monoisotopic (exact) mass is 452 g/mol. The van der Waals surface area contributed by atoms with E-state index in [0.717, 1.165) is 47.6 Å². The van der Waals surface area contributed by atoms with Crippen LogP contribution in [0.1, 0.15) is 5.56 Å². The molecule has 3 heteroatoms. The Kier molecular flexibility index (Phi) is 4.41. The van der Waals surface area contributed by atoms with Gasteiger partial charge in [-0.1, -0.05) is 54.6 Å². The summed E-state index contributed by atoms with van der Waals surface area (Å²) in [5.41, 5.74) is 3.11. The predicted molar refractivity (Wildman–Crippen MR) is 117 cm³/mol. The van der Waals surface area contributed by atoms with Gasteiger partial charge in [0, 0.05) is 10.9 Å². The van der Waals surface area contributed by atoms with E-state index in [2.05, 4.69) is 34.7 Å². The number of fused-ring (bicyclic) bond motifs is 3. The molecule has 0 amide bonds. The fraction of sp³-hybridized carbons (Fsp3) is 0.0870. The molecule has 128 valence electrons. The summed E-state index contributed by atoms with van der Waals surface area (Å²) >= 11 is 2.19. The highest BCUT2D eigenvalue weighted by atomic mass is 127. The molecule has 2 nitrogen and oxygen atoms in total. The molecule has 0 radical (unpaired) electrons. The summed E-state index contributed by atoms with van der Waals surface area (Å²) in [5, 5.41) is 3.81. The lowest BCUT2D eigenvalue weighted by molar-refractivity contribution is 0.412. The first-order chi connectivity index (χ1) is 12.6. The summed E-state index contributed by atoms with van der Waals surface area (Å²) in [7, 11) is 1.68. The molecule has 0 saturated heterocycles.